The summed E-state index contributed by atoms with van der Waals surface area (Å²) in [6.07, 6.45) is 3.36. The molecule has 0 bridgehead atoms. The summed E-state index contributed by atoms with van der Waals surface area (Å²) in [4.78, 5) is 15.3. The molecule has 0 aliphatic heterocycles. The Morgan fingerprint density at radius 3 is 2.87 bits per heavy atom. The monoisotopic (exact) mass is 303 g/mol. The lowest BCUT2D eigenvalue weighted by Crippen LogP contribution is -2.13. The molecule has 1 aromatic heterocycles. The van der Waals surface area contributed by atoms with Gasteiger partial charge in [0.2, 0.25) is 0 Å². The number of H-pyrrole nitrogens is 1. The van der Waals surface area contributed by atoms with Crippen LogP contribution in [-0.2, 0) is 4.79 Å². The highest BCUT2D eigenvalue weighted by atomic mass is 16.3. The number of phenolic OH excluding ortho intramolecular Hbond substituents is 1. The number of aromatic nitrogens is 1. The number of aromatic amines is 1. The molecule has 1 amide bonds. The second kappa shape index (κ2) is 6.08. The first kappa shape index (κ1) is 14.4. The van der Waals surface area contributed by atoms with Crippen LogP contribution in [0.3, 0.4) is 0 Å². The molecule has 5 heteroatoms. The number of anilines is 1. The van der Waals surface area contributed by atoms with Crippen molar-refractivity contribution < 1.29 is 9.90 Å². The van der Waals surface area contributed by atoms with Crippen LogP contribution in [0.25, 0.3) is 17.0 Å². The van der Waals surface area contributed by atoms with E-state index in [0.29, 0.717) is 5.69 Å². The molecule has 0 radical (unpaired) electrons. The number of nitrogens with zero attached hydrogens (tertiary/aromatic N) is 1. The van der Waals surface area contributed by atoms with Gasteiger partial charge < -0.3 is 15.4 Å². The van der Waals surface area contributed by atoms with E-state index in [4.69, 9.17) is 0 Å². The van der Waals surface area contributed by atoms with E-state index in [0.717, 1.165) is 16.5 Å². The van der Waals surface area contributed by atoms with E-state index in [-0.39, 0.29) is 11.3 Å². The molecule has 3 rings (SSSR count). The van der Waals surface area contributed by atoms with Crippen molar-refractivity contribution in [1.29, 1.82) is 5.26 Å². The van der Waals surface area contributed by atoms with E-state index in [1.807, 2.05) is 36.5 Å². The molecule has 0 saturated heterocycles. The molecule has 3 aromatic rings. The number of aromatic hydroxyl groups is 1. The highest BCUT2D eigenvalue weighted by molar-refractivity contribution is 6.09. The number of amides is 1. The minimum atomic E-state index is -0.521. The summed E-state index contributed by atoms with van der Waals surface area (Å²) in [7, 11) is 0. The second-order valence-corrected chi connectivity index (χ2v) is 5.00. The number of hydrogen-bond donors (Lipinski definition) is 3. The molecular formula is C18H13N3O2. The Balaban J connectivity index is 1.86. The normalized spacial score (nSPS) is 11.2. The third-order valence-electron chi connectivity index (χ3n) is 3.36. The van der Waals surface area contributed by atoms with Crippen molar-refractivity contribution >= 4 is 28.6 Å². The summed E-state index contributed by atoms with van der Waals surface area (Å²) in [6.45, 7) is 0. The molecular weight excluding hydrogens is 290 g/mol. The molecule has 1 heterocycles. The molecule has 5 nitrogen and oxygen atoms in total. The van der Waals surface area contributed by atoms with Gasteiger partial charge in [0.15, 0.2) is 0 Å². The number of hydrogen-bond acceptors (Lipinski definition) is 3. The van der Waals surface area contributed by atoms with Crippen molar-refractivity contribution in [1.82, 2.24) is 4.98 Å². The third-order valence-corrected chi connectivity index (χ3v) is 3.36. The Labute approximate surface area is 132 Å². The van der Waals surface area contributed by atoms with Gasteiger partial charge in [0.05, 0.1) is 0 Å². The van der Waals surface area contributed by atoms with E-state index in [1.54, 1.807) is 12.1 Å². The van der Waals surface area contributed by atoms with Gasteiger partial charge in [-0.1, -0.05) is 12.1 Å². The molecule has 0 atom stereocenters. The van der Waals surface area contributed by atoms with Gasteiger partial charge >= 0.3 is 0 Å². The topological polar surface area (TPSA) is 88.9 Å². The van der Waals surface area contributed by atoms with E-state index in [2.05, 4.69) is 10.3 Å². The number of fused-ring (bicyclic) bond motifs is 1. The number of carbonyl (C=O) groups excluding carboxylic acids is 1. The zero-order chi connectivity index (χ0) is 16.2. The van der Waals surface area contributed by atoms with Crippen molar-refractivity contribution in [2.24, 2.45) is 0 Å². The van der Waals surface area contributed by atoms with E-state index >= 15 is 0 Å². The molecule has 23 heavy (non-hydrogen) atoms. The first-order valence-electron chi connectivity index (χ1n) is 6.95. The Hall–Kier alpha value is -3.52. The van der Waals surface area contributed by atoms with Crippen LogP contribution in [-0.4, -0.2) is 16.0 Å². The van der Waals surface area contributed by atoms with Crippen molar-refractivity contribution in [3.8, 4) is 11.8 Å². The first-order valence-corrected chi connectivity index (χ1v) is 6.95. The summed E-state index contributed by atoms with van der Waals surface area (Å²) in [5.74, 6) is -0.476. The van der Waals surface area contributed by atoms with Gasteiger partial charge in [-0.2, -0.15) is 5.26 Å². The van der Waals surface area contributed by atoms with Crippen molar-refractivity contribution in [3.63, 3.8) is 0 Å². The van der Waals surface area contributed by atoms with Gasteiger partial charge in [0.1, 0.15) is 17.4 Å². The van der Waals surface area contributed by atoms with Crippen LogP contribution >= 0.6 is 0 Å². The lowest BCUT2D eigenvalue weighted by Gasteiger charge is -2.04. The summed E-state index contributed by atoms with van der Waals surface area (Å²) in [5.41, 5.74) is 2.17. The summed E-state index contributed by atoms with van der Waals surface area (Å²) < 4.78 is 0. The Kier molecular flexibility index (Phi) is 3.81. The second-order valence-electron chi connectivity index (χ2n) is 5.00. The predicted molar refractivity (Wildman–Crippen MR) is 88.6 cm³/mol. The lowest BCUT2D eigenvalue weighted by atomic mass is 10.1. The van der Waals surface area contributed by atoms with Crippen LogP contribution in [0, 0.1) is 11.3 Å². The fraction of sp³-hybridized carbons (Fsp3) is 0. The van der Waals surface area contributed by atoms with Gasteiger partial charge in [-0.3, -0.25) is 4.79 Å². The first-order chi connectivity index (χ1) is 11.2. The van der Waals surface area contributed by atoms with Crippen LogP contribution < -0.4 is 5.32 Å². The number of benzene rings is 2. The highest BCUT2D eigenvalue weighted by Crippen LogP contribution is 2.18. The average molecular weight is 303 g/mol. The molecule has 112 valence electrons. The third kappa shape index (κ3) is 3.22. The molecule has 0 aliphatic carbocycles. The molecule has 0 unspecified atom stereocenters. The maximum atomic E-state index is 12.2. The van der Waals surface area contributed by atoms with Crippen LogP contribution in [0.2, 0.25) is 0 Å². The van der Waals surface area contributed by atoms with Crippen molar-refractivity contribution in [3.05, 3.63) is 65.9 Å². The summed E-state index contributed by atoms with van der Waals surface area (Å²) in [5, 5.41) is 22.2. The van der Waals surface area contributed by atoms with Crippen LogP contribution in [0.15, 0.2) is 60.3 Å². The van der Waals surface area contributed by atoms with Gasteiger partial charge in [-0.15, -0.1) is 0 Å². The maximum Gasteiger partial charge on any atom is 0.266 e. The molecule has 0 saturated carbocycles. The number of phenols is 1. The smallest absolute Gasteiger partial charge is 0.266 e. The summed E-state index contributed by atoms with van der Waals surface area (Å²) in [6, 6.07) is 15.6. The number of carbonyl (C=O) groups is 1. The van der Waals surface area contributed by atoms with Gasteiger partial charge in [0.25, 0.3) is 5.91 Å². The standard InChI is InChI=1S/C18H13N3O2/c19-11-14(18(23)21-15-2-1-3-16(22)10-15)9-12-4-5-17-13(8-12)6-7-20-17/h1-10,20,22H,(H,21,23)/b14-9+. The summed E-state index contributed by atoms with van der Waals surface area (Å²) >= 11 is 0. The van der Waals surface area contributed by atoms with Gasteiger partial charge in [-0.05, 0) is 47.4 Å². The van der Waals surface area contributed by atoms with E-state index < -0.39 is 5.91 Å². The number of nitriles is 1. The van der Waals surface area contributed by atoms with Crippen molar-refractivity contribution in [2.75, 3.05) is 5.32 Å². The average Bonchev–Trinajstić information content (AvgIpc) is 3.00. The highest BCUT2D eigenvalue weighted by Gasteiger charge is 2.10. The van der Waals surface area contributed by atoms with Gasteiger partial charge in [-0.25, -0.2) is 0 Å². The molecule has 0 spiro atoms. The van der Waals surface area contributed by atoms with E-state index in [9.17, 15) is 15.2 Å². The SMILES string of the molecule is N#C/C(=C\c1ccc2[nH]ccc2c1)C(=O)Nc1cccc(O)c1. The predicted octanol–water partition coefficient (Wildman–Crippen LogP) is 3.42. The number of rotatable bonds is 3. The molecule has 3 N–H and O–H groups in total. The van der Waals surface area contributed by atoms with Crippen LogP contribution in [0.4, 0.5) is 5.69 Å². The van der Waals surface area contributed by atoms with Crippen LogP contribution in [0.1, 0.15) is 5.56 Å². The minimum Gasteiger partial charge on any atom is -0.508 e. The zero-order valence-electron chi connectivity index (χ0n) is 12.1. The molecule has 0 fully saturated rings. The minimum absolute atomic E-state index is 0.0109. The van der Waals surface area contributed by atoms with E-state index in [1.165, 1.54) is 18.2 Å². The fourth-order valence-electron chi connectivity index (χ4n) is 2.26. The Morgan fingerprint density at radius 1 is 1.22 bits per heavy atom. The Bertz CT molecular complexity index is 948. The zero-order valence-corrected chi connectivity index (χ0v) is 12.1. The van der Waals surface area contributed by atoms with Crippen molar-refractivity contribution in [2.45, 2.75) is 0 Å². The maximum absolute atomic E-state index is 12.2. The molecule has 0 aliphatic rings. The number of nitrogens with one attached hydrogen (secondary N) is 2. The quantitative estimate of drug-likeness (QED) is 0.511. The van der Waals surface area contributed by atoms with Crippen LogP contribution in [0.5, 0.6) is 5.75 Å². The lowest BCUT2D eigenvalue weighted by molar-refractivity contribution is -0.112. The Morgan fingerprint density at radius 2 is 2.09 bits per heavy atom. The molecule has 2 aromatic carbocycles. The van der Waals surface area contributed by atoms with Gasteiger partial charge in [0, 0.05) is 23.5 Å². The fourth-order valence-corrected chi connectivity index (χ4v) is 2.26. The largest absolute Gasteiger partial charge is 0.508 e.